The number of hydrogen-bond donors (Lipinski definition) is 2. The fourth-order valence-corrected chi connectivity index (χ4v) is 4.48. The van der Waals surface area contributed by atoms with Crippen LogP contribution in [0.3, 0.4) is 0 Å². The Morgan fingerprint density at radius 2 is 1.63 bits per heavy atom. The third kappa shape index (κ3) is 5.02. The van der Waals surface area contributed by atoms with Crippen molar-refractivity contribution >= 4 is 28.5 Å². The van der Waals surface area contributed by atoms with Crippen LogP contribution in [-0.2, 0) is 13.1 Å². The minimum Gasteiger partial charge on any atom is -0.366 e. The van der Waals surface area contributed by atoms with Crippen LogP contribution >= 0.6 is 11.6 Å². The molecule has 0 fully saturated rings. The van der Waals surface area contributed by atoms with Crippen molar-refractivity contribution < 1.29 is 22.4 Å². The molecule has 14 heteroatoms. The summed E-state index contributed by atoms with van der Waals surface area (Å²) in [6.45, 7) is -1.17. The molecule has 9 nitrogen and oxygen atoms in total. The molecule has 5 rings (SSSR count). The highest BCUT2D eigenvalue weighted by Gasteiger charge is 2.22. The van der Waals surface area contributed by atoms with Gasteiger partial charge in [0.05, 0.1) is 23.5 Å². The molecule has 2 aromatic carbocycles. The lowest BCUT2D eigenvalue weighted by Crippen LogP contribution is -2.41. The maximum Gasteiger partial charge on any atom is 0.333 e. The number of nitrogens with zero attached hydrogens (tertiary/aromatic N) is 3. The minimum absolute atomic E-state index is 0.0107. The zero-order valence-electron chi connectivity index (χ0n) is 20.6. The number of benzene rings is 2. The zero-order valence-corrected chi connectivity index (χ0v) is 21.3. The molecule has 41 heavy (non-hydrogen) atoms. The first-order chi connectivity index (χ1) is 19.5. The molecule has 0 spiro atoms. The summed E-state index contributed by atoms with van der Waals surface area (Å²) in [5, 5.41) is -0.475. The normalized spacial score (nSPS) is 11.2. The number of hydrogen-bond acceptors (Lipinski definition) is 5. The summed E-state index contributed by atoms with van der Waals surface area (Å²) in [4.78, 5) is 57.5. The van der Waals surface area contributed by atoms with Crippen LogP contribution in [0.2, 0.25) is 5.02 Å². The van der Waals surface area contributed by atoms with Crippen molar-refractivity contribution in [2.45, 2.75) is 13.1 Å². The van der Waals surface area contributed by atoms with Gasteiger partial charge in [0.1, 0.15) is 11.5 Å². The van der Waals surface area contributed by atoms with Crippen LogP contribution in [0.4, 0.5) is 17.6 Å². The Kier molecular flexibility index (Phi) is 7.05. The smallest absolute Gasteiger partial charge is 0.333 e. The second kappa shape index (κ2) is 10.5. The fourth-order valence-electron chi connectivity index (χ4n) is 4.27. The van der Waals surface area contributed by atoms with Crippen LogP contribution in [0.25, 0.3) is 22.3 Å². The number of carbonyl (C=O) groups excluding carboxylic acids is 1. The molecule has 1 amide bonds. The highest BCUT2D eigenvalue weighted by atomic mass is 35.5. The number of nitrogens with two attached hydrogens (primary N) is 1. The number of pyridine rings is 2. The molecule has 0 unspecified atom stereocenters. The molecule has 0 radical (unpaired) electrons. The topological polar surface area (TPSA) is 133 Å². The van der Waals surface area contributed by atoms with E-state index in [1.807, 2.05) is 0 Å². The van der Waals surface area contributed by atoms with Crippen molar-refractivity contribution in [2.24, 2.45) is 5.73 Å². The monoisotopic (exact) mass is 585 g/mol. The number of primary amides is 1. The van der Waals surface area contributed by atoms with Gasteiger partial charge in [0.25, 0.3) is 11.1 Å². The molecule has 0 atom stereocenters. The first kappa shape index (κ1) is 27.5. The molecule has 3 heterocycles. The average Bonchev–Trinajstić information content (AvgIpc) is 2.93. The average molecular weight is 586 g/mol. The van der Waals surface area contributed by atoms with Gasteiger partial charge in [-0.05, 0) is 48.0 Å². The van der Waals surface area contributed by atoms with Gasteiger partial charge in [0.2, 0.25) is 5.91 Å². The summed E-state index contributed by atoms with van der Waals surface area (Å²) < 4.78 is 58.5. The number of halogens is 5. The third-order valence-electron chi connectivity index (χ3n) is 6.27. The number of H-pyrrole nitrogens is 1. The van der Waals surface area contributed by atoms with Gasteiger partial charge >= 0.3 is 5.69 Å². The molecule has 0 aliphatic rings. The first-order valence-electron chi connectivity index (χ1n) is 11.7. The highest BCUT2D eigenvalue weighted by molar-refractivity contribution is 6.33. The van der Waals surface area contributed by atoms with Gasteiger partial charge in [-0.1, -0.05) is 17.7 Å². The zero-order chi connectivity index (χ0) is 29.6. The van der Waals surface area contributed by atoms with Crippen molar-refractivity contribution in [1.82, 2.24) is 19.1 Å². The van der Waals surface area contributed by atoms with Crippen molar-refractivity contribution in [3.05, 3.63) is 131 Å². The van der Waals surface area contributed by atoms with Crippen LogP contribution in [0.5, 0.6) is 0 Å². The Morgan fingerprint density at radius 1 is 0.927 bits per heavy atom. The quantitative estimate of drug-likeness (QED) is 0.233. The van der Waals surface area contributed by atoms with Gasteiger partial charge in [-0.3, -0.25) is 23.5 Å². The third-order valence-corrected chi connectivity index (χ3v) is 6.60. The van der Waals surface area contributed by atoms with Gasteiger partial charge < -0.3 is 10.7 Å². The largest absolute Gasteiger partial charge is 0.366 e. The molecule has 3 aromatic heterocycles. The van der Waals surface area contributed by atoms with E-state index in [0.29, 0.717) is 16.7 Å². The summed E-state index contributed by atoms with van der Waals surface area (Å²) in [6.07, 6.45) is 1.34. The second-order valence-corrected chi connectivity index (χ2v) is 9.31. The number of aromatic amines is 1. The van der Waals surface area contributed by atoms with Gasteiger partial charge in [-0.15, -0.1) is 0 Å². The summed E-state index contributed by atoms with van der Waals surface area (Å²) in [5.41, 5.74) is 1.39. The molecular formula is C27H16ClF4N5O4. The second-order valence-electron chi connectivity index (χ2n) is 8.91. The molecular weight excluding hydrogens is 570 g/mol. The number of rotatable bonds is 6. The van der Waals surface area contributed by atoms with Gasteiger partial charge in [0.15, 0.2) is 23.1 Å². The number of aromatic nitrogens is 4. The van der Waals surface area contributed by atoms with Crippen molar-refractivity contribution in [3.63, 3.8) is 0 Å². The number of amides is 1. The van der Waals surface area contributed by atoms with E-state index >= 15 is 4.39 Å². The number of nitrogens with one attached hydrogen (secondary N) is 1. The molecule has 0 aliphatic carbocycles. The Morgan fingerprint density at radius 3 is 2.29 bits per heavy atom. The van der Waals surface area contributed by atoms with Gasteiger partial charge in [-0.2, -0.15) is 0 Å². The van der Waals surface area contributed by atoms with Gasteiger partial charge in [0, 0.05) is 22.9 Å². The highest BCUT2D eigenvalue weighted by Crippen LogP contribution is 2.31. The van der Waals surface area contributed by atoms with E-state index in [-0.39, 0.29) is 27.3 Å². The summed E-state index contributed by atoms with van der Waals surface area (Å²) >= 11 is 6.23. The Labute approximate surface area is 231 Å². The molecule has 5 aromatic rings. The van der Waals surface area contributed by atoms with Crippen LogP contribution in [0.15, 0.2) is 69.1 Å². The predicted molar refractivity (Wildman–Crippen MR) is 141 cm³/mol. The van der Waals surface area contributed by atoms with Gasteiger partial charge in [-0.25, -0.2) is 27.3 Å². The fraction of sp³-hybridized carbons (Fsp3) is 0.0741. The lowest BCUT2D eigenvalue weighted by molar-refractivity contribution is 0.100. The molecule has 0 saturated heterocycles. The SMILES string of the molecule is NC(=O)c1ccc(Cl)c(-c2nc3c(cc2F)c(=O)n(Cc2ccc[nH]c2=O)c(=O)n3Cc2cc(F)c(F)c(F)c2)c1. The lowest BCUT2D eigenvalue weighted by atomic mass is 10.1. The summed E-state index contributed by atoms with van der Waals surface area (Å²) in [5.74, 6) is -6.70. The first-order valence-corrected chi connectivity index (χ1v) is 12.1. The van der Waals surface area contributed by atoms with Crippen LogP contribution in [0.1, 0.15) is 21.5 Å². The number of carbonyl (C=O) groups is 1. The number of fused-ring (bicyclic) bond motifs is 1. The Balaban J connectivity index is 1.82. The van der Waals surface area contributed by atoms with Crippen LogP contribution < -0.4 is 22.5 Å². The summed E-state index contributed by atoms with van der Waals surface area (Å²) in [6, 6.07) is 8.62. The molecule has 0 bridgehead atoms. The van der Waals surface area contributed by atoms with Crippen LogP contribution in [0, 0.1) is 23.3 Å². The molecule has 208 valence electrons. The maximum atomic E-state index is 15.5. The molecule has 3 N–H and O–H groups in total. The standard InChI is InChI=1S/C27H16ClF4N5O4/c28-17-4-3-13(23(33)38)8-15(17)22-20(31)9-16-24(35-22)36(10-12-6-18(29)21(32)19(30)7-12)27(41)37(26(16)40)11-14-2-1-5-34-25(14)39/h1-9H,10-11H2,(H2,33,38)(H,34,39). The van der Waals surface area contributed by atoms with Crippen molar-refractivity contribution in [2.75, 3.05) is 0 Å². The van der Waals surface area contributed by atoms with E-state index in [1.165, 1.54) is 30.5 Å². The minimum atomic E-state index is -1.73. The lowest BCUT2D eigenvalue weighted by Gasteiger charge is -2.16. The Hall–Kier alpha value is -5.04. The van der Waals surface area contributed by atoms with Crippen molar-refractivity contribution in [3.8, 4) is 11.3 Å². The Bertz CT molecular complexity index is 2050. The van der Waals surface area contributed by atoms with E-state index in [2.05, 4.69) is 9.97 Å². The summed E-state index contributed by atoms with van der Waals surface area (Å²) in [7, 11) is 0. The molecule has 0 aliphatic heterocycles. The van der Waals surface area contributed by atoms with E-state index < -0.39 is 75.8 Å². The molecule has 0 saturated carbocycles. The van der Waals surface area contributed by atoms with E-state index in [9.17, 15) is 32.3 Å². The predicted octanol–water partition coefficient (Wildman–Crippen LogP) is 3.32. The van der Waals surface area contributed by atoms with E-state index in [4.69, 9.17) is 17.3 Å². The van der Waals surface area contributed by atoms with Crippen molar-refractivity contribution in [1.29, 1.82) is 0 Å². The maximum absolute atomic E-state index is 15.5. The van der Waals surface area contributed by atoms with E-state index in [1.54, 1.807) is 0 Å². The van der Waals surface area contributed by atoms with E-state index in [0.717, 1.165) is 16.7 Å². The van der Waals surface area contributed by atoms with Crippen LogP contribution in [-0.4, -0.2) is 25.0 Å².